The van der Waals surface area contributed by atoms with E-state index in [4.69, 9.17) is 0 Å². The molecule has 0 spiro atoms. The molecule has 1 atom stereocenters. The molecule has 0 rings (SSSR count). The number of carbonyl (C=O) groups is 3. The molecule has 0 fully saturated rings. The van der Waals surface area contributed by atoms with Crippen molar-refractivity contribution in [2.24, 2.45) is 0 Å². The van der Waals surface area contributed by atoms with E-state index in [2.05, 4.69) is 24.6 Å². The van der Waals surface area contributed by atoms with E-state index in [1.165, 1.54) is 13.1 Å². The molecule has 0 aromatic carbocycles. The first kappa shape index (κ1) is 32.4. The average molecular weight is 438 g/mol. The number of hydrogen-bond acceptors (Lipinski definition) is 3. The summed E-state index contributed by atoms with van der Waals surface area (Å²) in [5, 5.41) is 2.76. The van der Waals surface area contributed by atoms with Gasteiger partial charge in [0.05, 0.1) is 0 Å². The van der Waals surface area contributed by atoms with Crippen molar-refractivity contribution in [3.63, 3.8) is 0 Å². The predicted octanol–water partition coefficient (Wildman–Crippen LogP) is 3.59. The van der Waals surface area contributed by atoms with Gasteiger partial charge in [-0.25, -0.2) is 0 Å². The van der Waals surface area contributed by atoms with E-state index in [0.29, 0.717) is 18.4 Å². The van der Waals surface area contributed by atoms with Crippen LogP contribution >= 0.6 is 0 Å². The minimum Gasteiger partial charge on any atom is -0.389 e. The topological polar surface area (TPSA) is 66.5 Å². The largest absolute Gasteiger partial charge is 0.389 e. The maximum atomic E-state index is 12.0. The van der Waals surface area contributed by atoms with Crippen LogP contribution in [0.4, 0.5) is 0 Å². The first-order valence-corrected chi connectivity index (χ1v) is 8.51. The van der Waals surface area contributed by atoms with Crippen LogP contribution in [-0.4, -0.2) is 36.2 Å². The summed E-state index contributed by atoms with van der Waals surface area (Å²) < 4.78 is 0. The quantitative estimate of drug-likeness (QED) is 0.259. The number of rotatable bonds is 9. The number of imide groups is 1. The number of nitrogens with one attached hydrogen (secondary N) is 1. The Labute approximate surface area is 184 Å². The summed E-state index contributed by atoms with van der Waals surface area (Å²) in [7, 11) is 1.40. The van der Waals surface area contributed by atoms with Crippen LogP contribution in [0.25, 0.3) is 0 Å². The molecular formula is C20H33N2O3Y-. The second-order valence-corrected chi connectivity index (χ2v) is 4.38. The molecule has 3 amide bonds. The zero-order valence-electron chi connectivity index (χ0n) is 17.0. The molecule has 0 aliphatic rings. The van der Waals surface area contributed by atoms with E-state index in [0.717, 1.165) is 4.90 Å². The average Bonchev–Trinajstić information content (AvgIpc) is 2.65. The van der Waals surface area contributed by atoms with Crippen LogP contribution in [0.3, 0.4) is 0 Å². The van der Waals surface area contributed by atoms with E-state index in [9.17, 15) is 14.4 Å². The Kier molecular flexibility index (Phi) is 29.5. The van der Waals surface area contributed by atoms with Crippen molar-refractivity contribution in [1.82, 2.24) is 10.2 Å². The van der Waals surface area contributed by atoms with Gasteiger partial charge in [-0.2, -0.15) is 12.7 Å². The molecule has 1 radical (unpaired) electrons. The van der Waals surface area contributed by atoms with Gasteiger partial charge in [0, 0.05) is 52.2 Å². The molecule has 6 heteroatoms. The summed E-state index contributed by atoms with van der Waals surface area (Å²) in [6.45, 7) is 16.8. The first-order chi connectivity index (χ1) is 12.0. The third-order valence-electron chi connectivity index (χ3n) is 2.62. The van der Waals surface area contributed by atoms with Crippen molar-refractivity contribution in [3.8, 4) is 0 Å². The van der Waals surface area contributed by atoms with Gasteiger partial charge in [0.2, 0.25) is 12.3 Å². The summed E-state index contributed by atoms with van der Waals surface area (Å²) in [6, 6.07) is -0.208. The van der Waals surface area contributed by atoms with E-state index in [-0.39, 0.29) is 57.0 Å². The van der Waals surface area contributed by atoms with Gasteiger partial charge < -0.3 is 10.1 Å². The van der Waals surface area contributed by atoms with Gasteiger partial charge in [-0.1, -0.05) is 45.9 Å². The Bertz CT molecular complexity index is 472. The van der Waals surface area contributed by atoms with Crippen molar-refractivity contribution in [1.29, 1.82) is 0 Å². The fourth-order valence-electron chi connectivity index (χ4n) is 1.41. The number of nitrogens with zero attached hydrogens (tertiary/aromatic N) is 1. The van der Waals surface area contributed by atoms with Crippen molar-refractivity contribution in [2.75, 3.05) is 7.05 Å². The minimum absolute atomic E-state index is 0. The molecule has 145 valence electrons. The monoisotopic (exact) mass is 438 g/mol. The van der Waals surface area contributed by atoms with E-state index in [1.54, 1.807) is 25.2 Å². The van der Waals surface area contributed by atoms with E-state index in [1.807, 2.05) is 27.7 Å². The molecule has 0 aromatic rings. The number of hydrogen-bond donors (Lipinski definition) is 1. The molecule has 1 unspecified atom stereocenters. The summed E-state index contributed by atoms with van der Waals surface area (Å²) in [5.74, 6) is -0.595. The molecule has 0 saturated carbocycles. The Morgan fingerprint density at radius 1 is 1.19 bits per heavy atom. The van der Waals surface area contributed by atoms with Crippen molar-refractivity contribution >= 4 is 18.2 Å². The SMILES string of the molecule is C=C[C-]=C(/C=C\C=C)C(=O)NC(C)CCC(=O)N(C)C=O.CC.CC.[Y]. The maximum Gasteiger partial charge on any atom is 0.228 e. The molecule has 1 N–H and O–H groups in total. The third-order valence-corrected chi connectivity index (χ3v) is 2.62. The molecule has 0 heterocycles. The van der Waals surface area contributed by atoms with Crippen LogP contribution in [0.5, 0.6) is 0 Å². The normalized spacial score (nSPS) is 10.6. The Hall–Kier alpha value is -1.33. The molecule has 0 aliphatic heterocycles. The number of amides is 3. The molecule has 5 nitrogen and oxygen atoms in total. The van der Waals surface area contributed by atoms with Gasteiger partial charge in [-0.15, -0.1) is 18.2 Å². The van der Waals surface area contributed by atoms with E-state index < -0.39 is 0 Å². The van der Waals surface area contributed by atoms with Crippen LogP contribution in [0, 0.1) is 6.08 Å². The molecule has 0 aliphatic carbocycles. The zero-order chi connectivity index (χ0) is 20.3. The van der Waals surface area contributed by atoms with Gasteiger partial charge in [-0.05, 0) is 13.3 Å². The minimum atomic E-state index is -0.309. The van der Waals surface area contributed by atoms with E-state index >= 15 is 0 Å². The summed E-state index contributed by atoms with van der Waals surface area (Å²) >= 11 is 0. The van der Waals surface area contributed by atoms with Crippen molar-refractivity contribution < 1.29 is 47.1 Å². The molecule has 0 saturated heterocycles. The van der Waals surface area contributed by atoms with Crippen molar-refractivity contribution in [2.45, 2.75) is 53.5 Å². The van der Waals surface area contributed by atoms with Crippen LogP contribution < -0.4 is 5.32 Å². The fraction of sp³-hybridized carbons (Fsp3) is 0.450. The molecular weight excluding hydrogens is 405 g/mol. The Balaban J connectivity index is -0.000000449. The van der Waals surface area contributed by atoms with Crippen LogP contribution in [0.15, 0.2) is 43.0 Å². The second kappa shape index (κ2) is 23.7. The molecule has 26 heavy (non-hydrogen) atoms. The van der Waals surface area contributed by atoms with Gasteiger partial charge >= 0.3 is 0 Å². The van der Waals surface area contributed by atoms with Gasteiger partial charge in [0.15, 0.2) is 5.91 Å². The summed E-state index contributed by atoms with van der Waals surface area (Å²) in [4.78, 5) is 34.9. The predicted molar refractivity (Wildman–Crippen MR) is 105 cm³/mol. The summed E-state index contributed by atoms with van der Waals surface area (Å²) in [6.07, 6.45) is 9.96. The van der Waals surface area contributed by atoms with Crippen LogP contribution in [0.2, 0.25) is 0 Å². The Morgan fingerprint density at radius 3 is 2.15 bits per heavy atom. The molecule has 0 aromatic heterocycles. The first-order valence-electron chi connectivity index (χ1n) is 8.51. The number of carbonyl (C=O) groups excluding carboxylic acids is 3. The van der Waals surface area contributed by atoms with Gasteiger partial charge in [0.25, 0.3) is 0 Å². The zero-order valence-corrected chi connectivity index (χ0v) is 19.9. The maximum absolute atomic E-state index is 12.0. The van der Waals surface area contributed by atoms with Gasteiger partial charge in [-0.3, -0.25) is 14.5 Å². The molecule has 0 bridgehead atoms. The van der Waals surface area contributed by atoms with Gasteiger partial charge in [0.1, 0.15) is 0 Å². The smallest absolute Gasteiger partial charge is 0.228 e. The van der Waals surface area contributed by atoms with Crippen LogP contribution in [0.1, 0.15) is 47.5 Å². The van der Waals surface area contributed by atoms with Crippen molar-refractivity contribution in [3.05, 3.63) is 49.1 Å². The fourth-order valence-corrected chi connectivity index (χ4v) is 1.41. The standard InChI is InChI=1S/C16H21N2O3.2C2H6.Y/c1-5-7-9-14(8-6-2)16(21)17-13(3)10-11-15(20)18(4)12-19;2*1-2;/h5-7,9,12-13H,1-2,10-11H2,3-4H3,(H,17,21);2*1-2H3;/q-1;;;/b9-7-;;;. The summed E-state index contributed by atoms with van der Waals surface area (Å²) in [5.41, 5.74) is 0.327. The van der Waals surface area contributed by atoms with Crippen LogP contribution in [-0.2, 0) is 47.1 Å². The Morgan fingerprint density at radius 2 is 1.73 bits per heavy atom. The number of allylic oxidation sites excluding steroid dienone is 4. The second-order valence-electron chi connectivity index (χ2n) is 4.38. The third kappa shape index (κ3) is 17.5.